The first-order valence-electron chi connectivity index (χ1n) is 8.74. The largest absolute Gasteiger partial charge is 0.451 e. The van der Waals surface area contributed by atoms with Gasteiger partial charge in [-0.15, -0.1) is 10.2 Å². The lowest BCUT2D eigenvalue weighted by atomic mass is 10.2. The molecule has 29 heavy (non-hydrogen) atoms. The third-order valence-corrected chi connectivity index (χ3v) is 4.22. The Bertz CT molecular complexity index is 1230. The number of para-hydroxylation sites is 1. The van der Waals surface area contributed by atoms with E-state index in [0.717, 1.165) is 0 Å². The van der Waals surface area contributed by atoms with E-state index in [-0.39, 0.29) is 29.7 Å². The number of nitrogens with zero attached hydrogens (tertiary/aromatic N) is 4. The standard InChI is InChI=1S/C20H15FN4O4/c1-12(18-23-24-19(29-18)13-6-8-14(21)9-7-13)28-17(26)10-25-11-22-16-5-3-2-4-15(16)20(25)27/h2-9,11-12H,10H2,1H3/t12-/m0/s1. The van der Waals surface area contributed by atoms with Crippen LogP contribution in [0.3, 0.4) is 0 Å². The number of hydrogen-bond donors (Lipinski definition) is 0. The maximum absolute atomic E-state index is 13.0. The first-order chi connectivity index (χ1) is 14.0. The number of carbonyl (C=O) groups excluding carboxylic acids is 1. The van der Waals surface area contributed by atoms with Crippen molar-refractivity contribution in [1.29, 1.82) is 0 Å². The van der Waals surface area contributed by atoms with Gasteiger partial charge in [-0.05, 0) is 43.3 Å². The van der Waals surface area contributed by atoms with Crippen LogP contribution >= 0.6 is 0 Å². The Kier molecular flexibility index (Phi) is 4.86. The highest BCUT2D eigenvalue weighted by Gasteiger charge is 2.20. The number of halogens is 1. The van der Waals surface area contributed by atoms with E-state index in [1.54, 1.807) is 31.2 Å². The molecule has 2 aromatic heterocycles. The Labute approximate surface area is 163 Å². The number of hydrogen-bond acceptors (Lipinski definition) is 7. The molecule has 0 saturated heterocycles. The van der Waals surface area contributed by atoms with Crippen LogP contribution in [0.2, 0.25) is 0 Å². The summed E-state index contributed by atoms with van der Waals surface area (Å²) in [4.78, 5) is 28.9. The van der Waals surface area contributed by atoms with Gasteiger partial charge in [0.25, 0.3) is 11.4 Å². The molecule has 0 aliphatic carbocycles. The highest BCUT2D eigenvalue weighted by molar-refractivity contribution is 5.77. The molecule has 0 amide bonds. The summed E-state index contributed by atoms with van der Waals surface area (Å²) in [5.74, 6) is -0.771. The number of carbonyl (C=O) groups is 1. The zero-order valence-corrected chi connectivity index (χ0v) is 15.3. The van der Waals surface area contributed by atoms with Gasteiger partial charge in [0.15, 0.2) is 6.10 Å². The fourth-order valence-electron chi connectivity index (χ4n) is 2.75. The van der Waals surface area contributed by atoms with Gasteiger partial charge in [0.1, 0.15) is 12.4 Å². The fraction of sp³-hybridized carbons (Fsp3) is 0.150. The maximum Gasteiger partial charge on any atom is 0.326 e. The number of aromatic nitrogens is 4. The molecule has 4 rings (SSSR count). The summed E-state index contributed by atoms with van der Waals surface area (Å²) >= 11 is 0. The van der Waals surface area contributed by atoms with E-state index >= 15 is 0 Å². The molecule has 0 N–H and O–H groups in total. The van der Waals surface area contributed by atoms with E-state index in [1.807, 2.05) is 0 Å². The molecule has 1 atom stereocenters. The second-order valence-electron chi connectivity index (χ2n) is 6.28. The topological polar surface area (TPSA) is 100 Å². The molecule has 0 saturated carbocycles. The van der Waals surface area contributed by atoms with Crippen LogP contribution < -0.4 is 5.56 Å². The van der Waals surface area contributed by atoms with Gasteiger partial charge in [-0.3, -0.25) is 14.2 Å². The quantitative estimate of drug-likeness (QED) is 0.480. The molecule has 8 nitrogen and oxygen atoms in total. The van der Waals surface area contributed by atoms with Crippen molar-refractivity contribution in [2.75, 3.05) is 0 Å². The lowest BCUT2D eigenvalue weighted by Crippen LogP contribution is -2.26. The first kappa shape index (κ1) is 18.5. The van der Waals surface area contributed by atoms with Crippen molar-refractivity contribution in [3.8, 4) is 11.5 Å². The van der Waals surface area contributed by atoms with Crippen LogP contribution in [-0.4, -0.2) is 25.7 Å². The van der Waals surface area contributed by atoms with Gasteiger partial charge in [0, 0.05) is 5.56 Å². The van der Waals surface area contributed by atoms with E-state index in [4.69, 9.17) is 9.15 Å². The molecule has 0 aliphatic heterocycles. The van der Waals surface area contributed by atoms with Crippen LogP contribution in [-0.2, 0) is 16.1 Å². The third-order valence-electron chi connectivity index (χ3n) is 4.22. The lowest BCUT2D eigenvalue weighted by Gasteiger charge is -2.10. The summed E-state index contributed by atoms with van der Waals surface area (Å²) in [5.41, 5.74) is 0.753. The summed E-state index contributed by atoms with van der Waals surface area (Å²) in [6, 6.07) is 12.4. The minimum absolute atomic E-state index is 0.0849. The van der Waals surface area contributed by atoms with Crippen LogP contribution in [0.5, 0.6) is 0 Å². The van der Waals surface area contributed by atoms with Crippen molar-refractivity contribution in [1.82, 2.24) is 19.7 Å². The smallest absolute Gasteiger partial charge is 0.326 e. The third kappa shape index (κ3) is 3.88. The second kappa shape index (κ2) is 7.63. The summed E-state index contributed by atoms with van der Waals surface area (Å²) in [6.07, 6.45) is 0.476. The van der Waals surface area contributed by atoms with Gasteiger partial charge in [-0.2, -0.15) is 0 Å². The number of fused-ring (bicyclic) bond motifs is 1. The number of rotatable bonds is 5. The van der Waals surface area contributed by atoms with Gasteiger partial charge in [-0.1, -0.05) is 12.1 Å². The minimum atomic E-state index is -0.826. The van der Waals surface area contributed by atoms with Crippen LogP contribution in [0.4, 0.5) is 4.39 Å². The molecule has 0 spiro atoms. The monoisotopic (exact) mass is 394 g/mol. The van der Waals surface area contributed by atoms with Gasteiger partial charge in [0.05, 0.1) is 17.2 Å². The SMILES string of the molecule is C[C@H](OC(=O)Cn1cnc2ccccc2c1=O)c1nnc(-c2ccc(F)cc2)o1. The zero-order chi connectivity index (χ0) is 20.4. The van der Waals surface area contributed by atoms with Crippen LogP contribution in [0, 0.1) is 5.82 Å². The molecule has 0 unspecified atom stereocenters. The molecule has 146 valence electrons. The fourth-order valence-corrected chi connectivity index (χ4v) is 2.75. The molecule has 0 aliphatic rings. The molecule has 0 fully saturated rings. The Hall–Kier alpha value is -3.88. The lowest BCUT2D eigenvalue weighted by molar-refractivity contribution is -0.150. The first-order valence-corrected chi connectivity index (χ1v) is 8.74. The predicted molar refractivity (Wildman–Crippen MR) is 100 cm³/mol. The Morgan fingerprint density at radius 1 is 1.17 bits per heavy atom. The molecule has 2 aromatic carbocycles. The molecular weight excluding hydrogens is 379 g/mol. The van der Waals surface area contributed by atoms with Crippen molar-refractivity contribution in [3.63, 3.8) is 0 Å². The van der Waals surface area contributed by atoms with Gasteiger partial charge >= 0.3 is 5.97 Å². The van der Waals surface area contributed by atoms with Crippen molar-refractivity contribution in [3.05, 3.63) is 76.9 Å². The van der Waals surface area contributed by atoms with Gasteiger partial charge in [0.2, 0.25) is 5.89 Å². The Morgan fingerprint density at radius 3 is 2.72 bits per heavy atom. The second-order valence-corrected chi connectivity index (χ2v) is 6.28. The van der Waals surface area contributed by atoms with E-state index in [0.29, 0.717) is 16.5 Å². The van der Waals surface area contributed by atoms with E-state index in [1.165, 1.54) is 35.2 Å². The zero-order valence-electron chi connectivity index (χ0n) is 15.3. The molecule has 0 radical (unpaired) electrons. The van der Waals surface area contributed by atoms with Crippen molar-refractivity contribution in [2.24, 2.45) is 0 Å². The van der Waals surface area contributed by atoms with Crippen molar-refractivity contribution < 1.29 is 18.3 Å². The highest BCUT2D eigenvalue weighted by Crippen LogP contribution is 2.22. The number of esters is 1. The molecule has 2 heterocycles. The Morgan fingerprint density at radius 2 is 1.93 bits per heavy atom. The predicted octanol–water partition coefficient (Wildman–Crippen LogP) is 2.89. The molecule has 4 aromatic rings. The summed E-state index contributed by atoms with van der Waals surface area (Å²) in [5, 5.41) is 8.16. The van der Waals surface area contributed by atoms with E-state index in [2.05, 4.69) is 15.2 Å². The maximum atomic E-state index is 13.0. The van der Waals surface area contributed by atoms with E-state index in [9.17, 15) is 14.0 Å². The summed E-state index contributed by atoms with van der Waals surface area (Å²) in [7, 11) is 0. The molecule has 0 bridgehead atoms. The van der Waals surface area contributed by atoms with Crippen LogP contribution in [0.25, 0.3) is 22.4 Å². The van der Waals surface area contributed by atoms with Crippen LogP contribution in [0.1, 0.15) is 18.9 Å². The molecule has 9 heteroatoms. The normalized spacial score (nSPS) is 12.1. The minimum Gasteiger partial charge on any atom is -0.451 e. The summed E-state index contributed by atoms with van der Waals surface area (Å²) < 4.78 is 25.0. The van der Waals surface area contributed by atoms with Crippen molar-refractivity contribution in [2.45, 2.75) is 19.6 Å². The summed E-state index contributed by atoms with van der Waals surface area (Å²) in [6.45, 7) is 1.27. The number of benzene rings is 2. The highest BCUT2D eigenvalue weighted by atomic mass is 19.1. The van der Waals surface area contributed by atoms with Gasteiger partial charge in [-0.25, -0.2) is 9.37 Å². The average molecular weight is 394 g/mol. The molecular formula is C20H15FN4O4. The Balaban J connectivity index is 1.46. The number of ether oxygens (including phenoxy) is 1. The van der Waals surface area contributed by atoms with Gasteiger partial charge < -0.3 is 9.15 Å². The van der Waals surface area contributed by atoms with Crippen molar-refractivity contribution >= 4 is 16.9 Å². The van der Waals surface area contributed by atoms with Crippen LogP contribution in [0.15, 0.2) is 64.1 Å². The van der Waals surface area contributed by atoms with E-state index < -0.39 is 12.1 Å². The average Bonchev–Trinajstić information content (AvgIpc) is 3.21.